The van der Waals surface area contributed by atoms with Gasteiger partial charge in [0.25, 0.3) is 0 Å². The Morgan fingerprint density at radius 3 is 2.11 bits per heavy atom. The molecule has 28 heavy (non-hydrogen) atoms. The van der Waals surface area contributed by atoms with Crippen LogP contribution >= 0.6 is 0 Å². The summed E-state index contributed by atoms with van der Waals surface area (Å²) in [6, 6.07) is 15.3. The fraction of sp³-hybridized carbons (Fsp3) is 0.400. The lowest BCUT2D eigenvalue weighted by molar-refractivity contribution is 0.533. The molecule has 1 aromatic heterocycles. The van der Waals surface area contributed by atoms with Crippen molar-refractivity contribution in [2.75, 3.05) is 0 Å². The number of fused-ring (bicyclic) bond motifs is 3. The van der Waals surface area contributed by atoms with Gasteiger partial charge in [-0.2, -0.15) is 0 Å². The first-order chi connectivity index (χ1) is 13.1. The molecule has 3 aromatic rings. The van der Waals surface area contributed by atoms with E-state index in [4.69, 9.17) is 15.0 Å². The smallest absolute Gasteiger partial charge is 0.164 e. The molecule has 144 valence electrons. The van der Waals surface area contributed by atoms with Crippen molar-refractivity contribution in [1.82, 2.24) is 15.0 Å². The number of hydrogen-bond donors (Lipinski definition) is 0. The molecule has 0 unspecified atom stereocenters. The van der Waals surface area contributed by atoms with Crippen LogP contribution in [0.2, 0.25) is 0 Å². The van der Waals surface area contributed by atoms with Crippen LogP contribution in [0.5, 0.6) is 0 Å². The minimum Gasteiger partial charge on any atom is -0.217 e. The first-order valence-electron chi connectivity index (χ1n) is 10.1. The molecule has 0 aliphatic heterocycles. The number of nitrogens with zero attached hydrogens (tertiary/aromatic N) is 3. The monoisotopic (exact) mass is 371 g/mol. The summed E-state index contributed by atoms with van der Waals surface area (Å²) >= 11 is 0. The Morgan fingerprint density at radius 1 is 0.786 bits per heavy atom. The van der Waals surface area contributed by atoms with Gasteiger partial charge in [-0.1, -0.05) is 90.9 Å². The van der Waals surface area contributed by atoms with Crippen molar-refractivity contribution in [3.05, 3.63) is 65.2 Å². The predicted molar refractivity (Wildman–Crippen MR) is 116 cm³/mol. The maximum Gasteiger partial charge on any atom is 0.164 e. The number of rotatable bonds is 2. The summed E-state index contributed by atoms with van der Waals surface area (Å²) in [6.45, 7) is 15.3. The second kappa shape index (κ2) is 6.23. The van der Waals surface area contributed by atoms with Gasteiger partial charge in [-0.3, -0.25) is 0 Å². The first kappa shape index (κ1) is 18.8. The van der Waals surface area contributed by atoms with Crippen LogP contribution in [0.4, 0.5) is 0 Å². The van der Waals surface area contributed by atoms with Crippen molar-refractivity contribution in [2.45, 2.75) is 65.2 Å². The summed E-state index contributed by atoms with van der Waals surface area (Å²) in [7, 11) is 0. The van der Waals surface area contributed by atoms with Gasteiger partial charge in [0, 0.05) is 22.3 Å². The molecule has 0 bridgehead atoms. The lowest BCUT2D eigenvalue weighted by atomic mass is 9.82. The summed E-state index contributed by atoms with van der Waals surface area (Å²) in [5, 5.41) is 0. The first-order valence-corrected chi connectivity index (χ1v) is 10.1. The highest BCUT2D eigenvalue weighted by Gasteiger charge is 2.37. The Hall–Kier alpha value is -2.55. The summed E-state index contributed by atoms with van der Waals surface area (Å²) in [4.78, 5) is 14.6. The lowest BCUT2D eigenvalue weighted by Crippen LogP contribution is -2.19. The summed E-state index contributed by atoms with van der Waals surface area (Å²) in [5.74, 6) is 2.75. The zero-order chi connectivity index (χ0) is 20.3. The van der Waals surface area contributed by atoms with Crippen molar-refractivity contribution in [3.63, 3.8) is 0 Å². The SMILES string of the molecule is CC(C)c1nc(-c2cccc3c2-c2ccccc2C3(C)C)nc(C(C)(C)C)n1. The minimum absolute atomic E-state index is 0.0251. The summed E-state index contributed by atoms with van der Waals surface area (Å²) in [6.07, 6.45) is 0. The number of benzene rings is 2. The predicted octanol–water partition coefficient (Wildman–Crippen LogP) is 6.27. The molecule has 3 nitrogen and oxygen atoms in total. The van der Waals surface area contributed by atoms with E-state index < -0.39 is 0 Å². The molecule has 0 radical (unpaired) electrons. The van der Waals surface area contributed by atoms with Crippen LogP contribution in [0.3, 0.4) is 0 Å². The summed E-state index contributed by atoms with van der Waals surface area (Å²) in [5.41, 5.74) is 6.22. The topological polar surface area (TPSA) is 38.7 Å². The molecule has 4 rings (SSSR count). The van der Waals surface area contributed by atoms with Crippen LogP contribution in [0.15, 0.2) is 42.5 Å². The Labute approximate surface area is 168 Å². The Balaban J connectivity index is 2.02. The van der Waals surface area contributed by atoms with E-state index in [1.165, 1.54) is 22.3 Å². The lowest BCUT2D eigenvalue weighted by Gasteiger charge is -2.22. The van der Waals surface area contributed by atoms with Gasteiger partial charge in [-0.25, -0.2) is 15.0 Å². The average Bonchev–Trinajstić information content (AvgIpc) is 2.89. The molecule has 0 N–H and O–H groups in total. The minimum atomic E-state index is -0.129. The van der Waals surface area contributed by atoms with Gasteiger partial charge in [0.15, 0.2) is 5.82 Å². The van der Waals surface area contributed by atoms with Crippen molar-refractivity contribution in [1.29, 1.82) is 0 Å². The van der Waals surface area contributed by atoms with Crippen molar-refractivity contribution in [2.24, 2.45) is 0 Å². The van der Waals surface area contributed by atoms with E-state index in [9.17, 15) is 0 Å². The zero-order valence-electron chi connectivity index (χ0n) is 18.0. The van der Waals surface area contributed by atoms with Gasteiger partial charge in [0.05, 0.1) is 0 Å². The third-order valence-corrected chi connectivity index (χ3v) is 5.69. The molecule has 0 atom stereocenters. The molecule has 3 heteroatoms. The molecular weight excluding hydrogens is 342 g/mol. The van der Waals surface area contributed by atoms with Gasteiger partial charge in [0.1, 0.15) is 11.6 Å². The van der Waals surface area contributed by atoms with E-state index in [0.717, 1.165) is 23.0 Å². The maximum atomic E-state index is 4.93. The second-order valence-electron chi connectivity index (χ2n) is 9.64. The second-order valence-corrected chi connectivity index (χ2v) is 9.64. The maximum absolute atomic E-state index is 4.93. The molecule has 0 spiro atoms. The van der Waals surface area contributed by atoms with Crippen LogP contribution in [-0.2, 0) is 10.8 Å². The molecule has 2 aromatic carbocycles. The van der Waals surface area contributed by atoms with E-state index in [-0.39, 0.29) is 16.7 Å². The molecule has 1 heterocycles. The Bertz CT molecular complexity index is 1060. The summed E-state index contributed by atoms with van der Waals surface area (Å²) < 4.78 is 0. The van der Waals surface area contributed by atoms with E-state index in [1.807, 2.05) is 0 Å². The van der Waals surface area contributed by atoms with Gasteiger partial charge >= 0.3 is 0 Å². The average molecular weight is 372 g/mol. The Kier molecular flexibility index (Phi) is 4.18. The van der Waals surface area contributed by atoms with Crippen molar-refractivity contribution < 1.29 is 0 Å². The molecule has 0 saturated carbocycles. The molecule has 1 aliphatic carbocycles. The zero-order valence-corrected chi connectivity index (χ0v) is 18.0. The fourth-order valence-electron chi connectivity index (χ4n) is 4.05. The van der Waals surface area contributed by atoms with E-state index >= 15 is 0 Å². The third kappa shape index (κ3) is 2.85. The molecular formula is C25H29N3. The molecule has 0 saturated heterocycles. The Morgan fingerprint density at radius 2 is 1.43 bits per heavy atom. The van der Waals surface area contributed by atoms with Gasteiger partial charge < -0.3 is 0 Å². The highest BCUT2D eigenvalue weighted by Crippen LogP contribution is 2.51. The van der Waals surface area contributed by atoms with Crippen LogP contribution in [-0.4, -0.2) is 15.0 Å². The van der Waals surface area contributed by atoms with E-state index in [1.54, 1.807) is 0 Å². The van der Waals surface area contributed by atoms with Crippen molar-refractivity contribution in [3.8, 4) is 22.5 Å². The van der Waals surface area contributed by atoms with Crippen molar-refractivity contribution >= 4 is 0 Å². The van der Waals surface area contributed by atoms with Gasteiger partial charge in [-0.05, 0) is 22.3 Å². The van der Waals surface area contributed by atoms with Gasteiger partial charge in [-0.15, -0.1) is 0 Å². The van der Waals surface area contributed by atoms with Crippen LogP contribution in [0.25, 0.3) is 22.5 Å². The number of hydrogen-bond acceptors (Lipinski definition) is 3. The third-order valence-electron chi connectivity index (χ3n) is 5.69. The normalized spacial score (nSPS) is 14.9. The molecule has 0 amide bonds. The van der Waals surface area contributed by atoms with Crippen LogP contribution < -0.4 is 0 Å². The van der Waals surface area contributed by atoms with Gasteiger partial charge in [0.2, 0.25) is 0 Å². The molecule has 1 aliphatic rings. The highest BCUT2D eigenvalue weighted by atomic mass is 15.0. The fourth-order valence-corrected chi connectivity index (χ4v) is 4.05. The van der Waals surface area contributed by atoms with Crippen LogP contribution in [0, 0.1) is 0 Å². The number of aromatic nitrogens is 3. The van der Waals surface area contributed by atoms with E-state index in [2.05, 4.69) is 90.9 Å². The molecule has 0 fully saturated rings. The highest BCUT2D eigenvalue weighted by molar-refractivity contribution is 5.90. The van der Waals surface area contributed by atoms with E-state index in [0.29, 0.717) is 0 Å². The standard InChI is InChI=1S/C25H29N3/c1-15(2)21-26-22(28-23(27-21)24(3,4)5)17-12-10-14-19-20(17)16-11-8-9-13-18(16)25(19,6)7/h8-15H,1-7H3. The largest absolute Gasteiger partial charge is 0.217 e. The quantitative estimate of drug-likeness (QED) is 0.533. The van der Waals surface area contributed by atoms with Crippen LogP contribution in [0.1, 0.15) is 77.2 Å².